The Morgan fingerprint density at radius 3 is 2.44 bits per heavy atom. The Hall–Kier alpha value is -2.34. The zero-order valence-corrected chi connectivity index (χ0v) is 16.4. The Labute approximate surface area is 161 Å². The van der Waals surface area contributed by atoms with Crippen LogP contribution in [0.25, 0.3) is 0 Å². The molecule has 0 aromatic heterocycles. The van der Waals surface area contributed by atoms with Crippen LogP contribution in [0.5, 0.6) is 0 Å². The Bertz CT molecular complexity index is 864. The van der Waals surface area contributed by atoms with Crippen molar-refractivity contribution < 1.29 is 13.2 Å². The summed E-state index contributed by atoms with van der Waals surface area (Å²) in [6, 6.07) is 17.0. The molecule has 1 atom stereocenters. The van der Waals surface area contributed by atoms with Gasteiger partial charge < -0.3 is 5.32 Å². The lowest BCUT2D eigenvalue weighted by molar-refractivity contribution is 0.0952. The molecule has 1 aliphatic rings. The van der Waals surface area contributed by atoms with Gasteiger partial charge in [0.25, 0.3) is 5.91 Å². The second kappa shape index (κ2) is 8.57. The number of benzene rings is 2. The molecule has 2 aromatic carbocycles. The van der Waals surface area contributed by atoms with Crippen LogP contribution in [0.4, 0.5) is 5.69 Å². The van der Waals surface area contributed by atoms with Gasteiger partial charge in [-0.25, -0.2) is 8.42 Å². The van der Waals surface area contributed by atoms with Crippen molar-refractivity contribution in [3.05, 3.63) is 65.7 Å². The van der Waals surface area contributed by atoms with E-state index in [4.69, 9.17) is 0 Å². The van der Waals surface area contributed by atoms with Gasteiger partial charge in [-0.2, -0.15) is 0 Å². The van der Waals surface area contributed by atoms with Gasteiger partial charge in [0.05, 0.1) is 11.4 Å². The molecule has 1 N–H and O–H groups in total. The van der Waals surface area contributed by atoms with E-state index in [0.717, 1.165) is 12.8 Å². The van der Waals surface area contributed by atoms with E-state index < -0.39 is 10.0 Å². The lowest BCUT2D eigenvalue weighted by atomic mass is 9.98. The monoisotopic (exact) mass is 386 g/mol. The highest BCUT2D eigenvalue weighted by Crippen LogP contribution is 2.24. The fourth-order valence-electron chi connectivity index (χ4n) is 3.31. The van der Waals surface area contributed by atoms with E-state index in [-0.39, 0.29) is 11.7 Å². The maximum Gasteiger partial charge on any atom is 0.251 e. The number of carbonyl (C=O) groups is 1. The van der Waals surface area contributed by atoms with E-state index in [1.165, 1.54) is 9.87 Å². The Balaban J connectivity index is 1.55. The third-order valence-electron chi connectivity index (χ3n) is 5.00. The van der Waals surface area contributed by atoms with Crippen LogP contribution in [0.15, 0.2) is 54.6 Å². The van der Waals surface area contributed by atoms with Gasteiger partial charge in [-0.05, 0) is 55.0 Å². The smallest absolute Gasteiger partial charge is 0.251 e. The first kappa shape index (κ1) is 19.4. The van der Waals surface area contributed by atoms with E-state index >= 15 is 0 Å². The standard InChI is InChI=1S/C21H26N2O3S/c1-17(18-7-3-2-4-8-18)13-14-22-21(24)19-9-11-20(12-10-19)23-15-5-6-16-27(23,25)26/h2-4,7-12,17H,5-6,13-16H2,1H3,(H,22,24). The molecule has 0 bridgehead atoms. The van der Waals surface area contributed by atoms with Crippen LogP contribution in [-0.2, 0) is 10.0 Å². The molecule has 3 rings (SSSR count). The fourth-order valence-corrected chi connectivity index (χ4v) is 4.95. The van der Waals surface area contributed by atoms with E-state index in [9.17, 15) is 13.2 Å². The Morgan fingerprint density at radius 2 is 1.78 bits per heavy atom. The molecule has 1 heterocycles. The molecule has 1 aliphatic heterocycles. The summed E-state index contributed by atoms with van der Waals surface area (Å²) in [7, 11) is -3.23. The molecule has 2 aromatic rings. The van der Waals surface area contributed by atoms with Crippen LogP contribution >= 0.6 is 0 Å². The Kier molecular flexibility index (Phi) is 6.16. The van der Waals surface area contributed by atoms with Gasteiger partial charge in [0.15, 0.2) is 0 Å². The van der Waals surface area contributed by atoms with E-state index in [2.05, 4.69) is 24.4 Å². The lowest BCUT2D eigenvalue weighted by Gasteiger charge is -2.28. The van der Waals surface area contributed by atoms with Crippen molar-refractivity contribution in [1.82, 2.24) is 5.32 Å². The number of rotatable bonds is 6. The van der Waals surface area contributed by atoms with Crippen molar-refractivity contribution in [3.63, 3.8) is 0 Å². The normalized spacial score (nSPS) is 17.3. The largest absolute Gasteiger partial charge is 0.352 e. The summed E-state index contributed by atoms with van der Waals surface area (Å²) >= 11 is 0. The highest BCUT2D eigenvalue weighted by atomic mass is 32.2. The number of anilines is 1. The maximum atomic E-state index is 12.3. The highest BCUT2D eigenvalue weighted by Gasteiger charge is 2.25. The summed E-state index contributed by atoms with van der Waals surface area (Å²) in [6.07, 6.45) is 2.43. The van der Waals surface area contributed by atoms with Gasteiger partial charge in [-0.3, -0.25) is 9.10 Å². The molecule has 1 amide bonds. The Morgan fingerprint density at radius 1 is 1.07 bits per heavy atom. The second-order valence-electron chi connectivity index (χ2n) is 7.00. The van der Waals surface area contributed by atoms with Crippen molar-refractivity contribution in [2.45, 2.75) is 32.1 Å². The number of hydrogen-bond acceptors (Lipinski definition) is 3. The van der Waals surface area contributed by atoms with Crippen LogP contribution in [0.2, 0.25) is 0 Å². The van der Waals surface area contributed by atoms with E-state index in [1.54, 1.807) is 24.3 Å². The minimum Gasteiger partial charge on any atom is -0.352 e. The molecular weight excluding hydrogens is 360 g/mol. The molecule has 0 radical (unpaired) electrons. The third kappa shape index (κ3) is 4.89. The number of sulfonamides is 1. The van der Waals surface area contributed by atoms with Crippen LogP contribution in [0.1, 0.15) is 48.0 Å². The number of amides is 1. The highest BCUT2D eigenvalue weighted by molar-refractivity contribution is 7.92. The molecule has 0 saturated carbocycles. The summed E-state index contributed by atoms with van der Waals surface area (Å²) < 4.78 is 25.8. The summed E-state index contributed by atoms with van der Waals surface area (Å²) in [4.78, 5) is 12.3. The molecule has 0 aliphatic carbocycles. The van der Waals surface area contributed by atoms with Gasteiger partial charge in [0.2, 0.25) is 10.0 Å². The van der Waals surface area contributed by atoms with Crippen molar-refractivity contribution in [2.24, 2.45) is 0 Å². The molecule has 0 spiro atoms. The summed E-state index contributed by atoms with van der Waals surface area (Å²) in [5, 5.41) is 2.94. The lowest BCUT2D eigenvalue weighted by Crippen LogP contribution is -2.37. The summed E-state index contributed by atoms with van der Waals surface area (Å²) in [5.74, 6) is 0.427. The first-order chi connectivity index (χ1) is 13.0. The fraction of sp³-hybridized carbons (Fsp3) is 0.381. The van der Waals surface area contributed by atoms with Gasteiger partial charge >= 0.3 is 0 Å². The topological polar surface area (TPSA) is 66.5 Å². The van der Waals surface area contributed by atoms with Crippen molar-refractivity contribution in [2.75, 3.05) is 23.1 Å². The van der Waals surface area contributed by atoms with E-state index in [1.807, 2.05) is 18.2 Å². The molecule has 144 valence electrons. The molecule has 1 fully saturated rings. The first-order valence-electron chi connectivity index (χ1n) is 9.41. The SMILES string of the molecule is CC(CCNC(=O)c1ccc(N2CCCCS2(=O)=O)cc1)c1ccccc1. The summed E-state index contributed by atoms with van der Waals surface area (Å²) in [6.45, 7) is 3.25. The average molecular weight is 387 g/mol. The second-order valence-corrected chi connectivity index (χ2v) is 9.01. The molecular formula is C21H26N2O3S. The predicted molar refractivity (Wildman–Crippen MR) is 109 cm³/mol. The number of hydrogen-bond donors (Lipinski definition) is 1. The molecule has 1 saturated heterocycles. The van der Waals surface area contributed by atoms with Crippen LogP contribution in [0, 0.1) is 0 Å². The quantitative estimate of drug-likeness (QED) is 0.826. The molecule has 5 nitrogen and oxygen atoms in total. The van der Waals surface area contributed by atoms with Crippen LogP contribution < -0.4 is 9.62 Å². The predicted octanol–water partition coefficient (Wildman–Crippen LogP) is 3.54. The van der Waals surface area contributed by atoms with Gasteiger partial charge in [0.1, 0.15) is 0 Å². The molecule has 27 heavy (non-hydrogen) atoms. The van der Waals surface area contributed by atoms with Crippen LogP contribution in [-0.4, -0.2) is 33.2 Å². The van der Waals surface area contributed by atoms with Crippen LogP contribution in [0.3, 0.4) is 0 Å². The van der Waals surface area contributed by atoms with Gasteiger partial charge in [0, 0.05) is 18.7 Å². The maximum absolute atomic E-state index is 12.3. The summed E-state index contributed by atoms with van der Waals surface area (Å²) in [5.41, 5.74) is 2.43. The number of carbonyl (C=O) groups excluding carboxylic acids is 1. The minimum absolute atomic E-state index is 0.136. The van der Waals surface area contributed by atoms with Crippen molar-refractivity contribution in [1.29, 1.82) is 0 Å². The van der Waals surface area contributed by atoms with Crippen molar-refractivity contribution in [3.8, 4) is 0 Å². The minimum atomic E-state index is -3.23. The zero-order chi connectivity index (χ0) is 19.3. The third-order valence-corrected chi connectivity index (χ3v) is 6.87. The average Bonchev–Trinajstić information content (AvgIpc) is 2.68. The molecule has 1 unspecified atom stereocenters. The van der Waals surface area contributed by atoms with E-state index in [0.29, 0.717) is 36.7 Å². The van der Waals surface area contributed by atoms with Gasteiger partial charge in [-0.1, -0.05) is 37.3 Å². The number of nitrogens with zero attached hydrogens (tertiary/aromatic N) is 1. The van der Waals surface area contributed by atoms with Crippen molar-refractivity contribution >= 4 is 21.6 Å². The molecule has 6 heteroatoms. The zero-order valence-electron chi connectivity index (χ0n) is 15.6. The first-order valence-corrected chi connectivity index (χ1v) is 11.0. The number of nitrogens with one attached hydrogen (secondary N) is 1. The van der Waals surface area contributed by atoms with Gasteiger partial charge in [-0.15, -0.1) is 0 Å².